The Hall–Kier alpha value is -2.91. The van der Waals surface area contributed by atoms with Crippen molar-refractivity contribution in [3.8, 4) is 0 Å². The van der Waals surface area contributed by atoms with Crippen LogP contribution in [0, 0.1) is 0 Å². The Kier molecular flexibility index (Phi) is 52.1. The molecule has 0 atom stereocenters. The first-order chi connectivity index (χ1) is 33.9. The van der Waals surface area contributed by atoms with Gasteiger partial charge in [-0.2, -0.15) is 0 Å². The highest BCUT2D eigenvalue weighted by atomic mass is 16.7. The van der Waals surface area contributed by atoms with E-state index in [0.717, 1.165) is 148 Å². The van der Waals surface area contributed by atoms with Gasteiger partial charge in [-0.05, 0) is 135 Å². The smallest absolute Gasteiger partial charge is 0.466 e. The van der Waals surface area contributed by atoms with E-state index < -0.39 is 6.16 Å². The SMILES string of the molecule is CCCCC/C=C\C/C=C\CCCCCCCC(=O)OCCCCCCC(CCCCCCOC(=O)CCCCCCC/C=C\C/C=C\CCCCC)OC(=O)OCCN(CC)CCN(CC)CC. The molecule has 0 saturated heterocycles. The van der Waals surface area contributed by atoms with E-state index in [-0.39, 0.29) is 18.0 Å². The van der Waals surface area contributed by atoms with E-state index in [1.54, 1.807) is 0 Å². The third-order valence-electron chi connectivity index (χ3n) is 13.0. The largest absolute Gasteiger partial charge is 0.508 e. The Labute approximate surface area is 426 Å². The van der Waals surface area contributed by atoms with Gasteiger partial charge < -0.3 is 23.8 Å². The molecule has 0 N–H and O–H groups in total. The second-order valence-electron chi connectivity index (χ2n) is 19.1. The van der Waals surface area contributed by atoms with Gasteiger partial charge >= 0.3 is 18.1 Å². The third kappa shape index (κ3) is 49.9. The normalized spacial score (nSPS) is 12.1. The van der Waals surface area contributed by atoms with Crippen LogP contribution in [0.4, 0.5) is 4.79 Å². The van der Waals surface area contributed by atoms with Crippen LogP contribution in [-0.4, -0.2) is 93.1 Å². The maximum absolute atomic E-state index is 12.8. The van der Waals surface area contributed by atoms with Crippen molar-refractivity contribution in [2.24, 2.45) is 0 Å². The summed E-state index contributed by atoms with van der Waals surface area (Å²) in [4.78, 5) is 42.1. The van der Waals surface area contributed by atoms with Gasteiger partial charge in [0.15, 0.2) is 0 Å². The standard InChI is InChI=1S/C60H110N2O7/c1-6-11-13-15-17-19-21-23-25-27-29-31-33-35-43-49-58(63)66-54-45-39-37-41-47-57(69-60(65)68-56-53-62(10-5)52-51-61(8-3)9-4)48-42-38-40-46-55-67-59(64)50-44-36-34-32-30-28-26-24-22-20-18-16-14-12-7-2/h17-20,23-26,57H,6-16,21-22,27-56H2,1-5H3/b19-17-,20-18-,25-23-,26-24-. The van der Waals surface area contributed by atoms with Gasteiger partial charge in [-0.25, -0.2) is 4.79 Å². The summed E-state index contributed by atoms with van der Waals surface area (Å²) in [5.41, 5.74) is 0. The number of unbranched alkanes of at least 4 members (excludes halogenated alkanes) is 22. The van der Waals surface area contributed by atoms with E-state index in [1.165, 1.54) is 89.9 Å². The van der Waals surface area contributed by atoms with Gasteiger partial charge in [0.25, 0.3) is 0 Å². The van der Waals surface area contributed by atoms with Crippen molar-refractivity contribution in [2.45, 2.75) is 259 Å². The Morgan fingerprint density at radius 3 is 1.19 bits per heavy atom. The van der Waals surface area contributed by atoms with Crippen LogP contribution in [0.5, 0.6) is 0 Å². The second-order valence-corrected chi connectivity index (χ2v) is 19.1. The first-order valence-corrected chi connectivity index (χ1v) is 29.1. The van der Waals surface area contributed by atoms with E-state index in [9.17, 15) is 14.4 Å². The van der Waals surface area contributed by atoms with Gasteiger partial charge in [-0.3, -0.25) is 14.5 Å². The van der Waals surface area contributed by atoms with Crippen LogP contribution in [0.25, 0.3) is 0 Å². The van der Waals surface area contributed by atoms with Gasteiger partial charge in [0.2, 0.25) is 0 Å². The lowest BCUT2D eigenvalue weighted by Crippen LogP contribution is -2.37. The predicted molar refractivity (Wildman–Crippen MR) is 293 cm³/mol. The van der Waals surface area contributed by atoms with Crippen LogP contribution in [0.2, 0.25) is 0 Å². The zero-order chi connectivity index (χ0) is 50.4. The summed E-state index contributed by atoms with van der Waals surface area (Å²) in [6, 6.07) is 0. The Morgan fingerprint density at radius 1 is 0.377 bits per heavy atom. The van der Waals surface area contributed by atoms with Crippen molar-refractivity contribution in [3.05, 3.63) is 48.6 Å². The van der Waals surface area contributed by atoms with Crippen LogP contribution >= 0.6 is 0 Å². The summed E-state index contributed by atoms with van der Waals surface area (Å²) < 4.78 is 22.5. The highest BCUT2D eigenvalue weighted by Gasteiger charge is 2.16. The van der Waals surface area contributed by atoms with Gasteiger partial charge in [0.05, 0.1) is 13.2 Å². The van der Waals surface area contributed by atoms with Crippen molar-refractivity contribution >= 4 is 18.1 Å². The predicted octanol–water partition coefficient (Wildman–Crippen LogP) is 16.8. The molecule has 0 aliphatic rings. The quantitative estimate of drug-likeness (QED) is 0.0256. The molecule has 0 spiro atoms. The van der Waals surface area contributed by atoms with Crippen molar-refractivity contribution in [3.63, 3.8) is 0 Å². The lowest BCUT2D eigenvalue weighted by atomic mass is 10.0. The molecule has 0 aliphatic carbocycles. The number of carbonyl (C=O) groups is 3. The summed E-state index contributed by atoms with van der Waals surface area (Å²) in [7, 11) is 0. The van der Waals surface area contributed by atoms with Gasteiger partial charge in [0.1, 0.15) is 12.7 Å². The molecule has 402 valence electrons. The molecule has 0 amide bonds. The maximum atomic E-state index is 12.8. The molecule has 9 heteroatoms. The van der Waals surface area contributed by atoms with Crippen LogP contribution < -0.4 is 0 Å². The van der Waals surface area contributed by atoms with Crippen LogP contribution in [0.15, 0.2) is 48.6 Å². The summed E-state index contributed by atoms with van der Waals surface area (Å²) >= 11 is 0. The number of allylic oxidation sites excluding steroid dienone is 8. The summed E-state index contributed by atoms with van der Waals surface area (Å²) in [6.07, 6.45) is 53.5. The molecular formula is C60H110N2O7. The summed E-state index contributed by atoms with van der Waals surface area (Å²) in [6.45, 7) is 17.9. The molecule has 0 aromatic rings. The van der Waals surface area contributed by atoms with Crippen molar-refractivity contribution in [1.29, 1.82) is 0 Å². The minimum Gasteiger partial charge on any atom is -0.466 e. The molecule has 0 aromatic heterocycles. The van der Waals surface area contributed by atoms with Gasteiger partial charge in [0, 0.05) is 32.5 Å². The molecule has 0 radical (unpaired) electrons. The Morgan fingerprint density at radius 2 is 0.754 bits per heavy atom. The van der Waals surface area contributed by atoms with Crippen LogP contribution in [0.3, 0.4) is 0 Å². The average molecular weight is 972 g/mol. The van der Waals surface area contributed by atoms with Gasteiger partial charge in [-0.15, -0.1) is 0 Å². The second kappa shape index (κ2) is 54.4. The lowest BCUT2D eigenvalue weighted by Gasteiger charge is -2.25. The highest BCUT2D eigenvalue weighted by molar-refractivity contribution is 5.69. The molecule has 0 aliphatic heterocycles. The third-order valence-corrected chi connectivity index (χ3v) is 13.0. The average Bonchev–Trinajstić information content (AvgIpc) is 3.35. The zero-order valence-corrected chi connectivity index (χ0v) is 45.9. The molecule has 0 aromatic carbocycles. The fraction of sp³-hybridized carbons (Fsp3) is 0.817. The minimum absolute atomic E-state index is 0.0795. The van der Waals surface area contributed by atoms with E-state index in [2.05, 4.69) is 93.0 Å². The number of carbonyl (C=O) groups excluding carboxylic acids is 3. The molecule has 0 saturated carbocycles. The van der Waals surface area contributed by atoms with E-state index in [0.29, 0.717) is 39.2 Å². The fourth-order valence-electron chi connectivity index (χ4n) is 8.27. The number of esters is 2. The molecule has 0 bridgehead atoms. The van der Waals surface area contributed by atoms with Gasteiger partial charge in [-0.1, -0.05) is 173 Å². The summed E-state index contributed by atoms with van der Waals surface area (Å²) in [5, 5.41) is 0. The molecule has 69 heavy (non-hydrogen) atoms. The first kappa shape index (κ1) is 66.1. The molecule has 0 heterocycles. The Balaban J connectivity index is 4.33. The van der Waals surface area contributed by atoms with Crippen LogP contribution in [0.1, 0.15) is 253 Å². The number of ether oxygens (including phenoxy) is 4. The fourth-order valence-corrected chi connectivity index (χ4v) is 8.27. The Bertz CT molecular complexity index is 1170. The molecule has 0 fully saturated rings. The first-order valence-electron chi connectivity index (χ1n) is 29.1. The molecule has 9 nitrogen and oxygen atoms in total. The zero-order valence-electron chi connectivity index (χ0n) is 45.9. The van der Waals surface area contributed by atoms with Crippen molar-refractivity contribution in [1.82, 2.24) is 9.80 Å². The van der Waals surface area contributed by atoms with E-state index in [1.807, 2.05) is 0 Å². The summed E-state index contributed by atoms with van der Waals surface area (Å²) in [5.74, 6) is -0.159. The minimum atomic E-state index is -0.577. The number of rotatable bonds is 52. The van der Waals surface area contributed by atoms with E-state index >= 15 is 0 Å². The van der Waals surface area contributed by atoms with E-state index in [4.69, 9.17) is 18.9 Å². The lowest BCUT2D eigenvalue weighted by molar-refractivity contribution is -0.144. The molecule has 0 unspecified atom stereocenters. The van der Waals surface area contributed by atoms with Crippen molar-refractivity contribution < 1.29 is 33.3 Å². The number of hydrogen-bond donors (Lipinski definition) is 0. The van der Waals surface area contributed by atoms with Crippen LogP contribution in [-0.2, 0) is 28.5 Å². The molecular weight excluding hydrogens is 861 g/mol. The highest BCUT2D eigenvalue weighted by Crippen LogP contribution is 2.17. The monoisotopic (exact) mass is 971 g/mol. The van der Waals surface area contributed by atoms with Crippen molar-refractivity contribution in [2.75, 3.05) is 59.1 Å². The topological polar surface area (TPSA) is 94.6 Å². The number of nitrogens with zero attached hydrogens (tertiary/aromatic N) is 2. The molecule has 0 rings (SSSR count). The maximum Gasteiger partial charge on any atom is 0.508 e. The number of likely N-dealkylation sites (N-methyl/N-ethyl adjacent to an activating group) is 2. The number of hydrogen-bond acceptors (Lipinski definition) is 9.